The van der Waals surface area contributed by atoms with Gasteiger partial charge in [0.05, 0.1) is 37.4 Å². The highest BCUT2D eigenvalue weighted by molar-refractivity contribution is 5.89. The number of aliphatic carboxylic acids is 1. The van der Waals surface area contributed by atoms with Crippen molar-refractivity contribution >= 4 is 17.9 Å². The van der Waals surface area contributed by atoms with Gasteiger partial charge in [0, 0.05) is 16.6 Å². The van der Waals surface area contributed by atoms with Crippen LogP contribution in [-0.4, -0.2) is 204 Å². The Morgan fingerprint density at radius 1 is 0.646 bits per heavy atom. The molecular formula is C57H88O22. The average Bonchev–Trinajstić information content (AvgIpc) is 3.87. The van der Waals surface area contributed by atoms with E-state index in [9.17, 15) is 70.6 Å². The van der Waals surface area contributed by atoms with Crippen molar-refractivity contribution in [2.75, 3.05) is 19.8 Å². The van der Waals surface area contributed by atoms with Crippen molar-refractivity contribution in [3.8, 4) is 0 Å². The van der Waals surface area contributed by atoms with Crippen molar-refractivity contribution in [1.82, 2.24) is 0 Å². The zero-order valence-corrected chi connectivity index (χ0v) is 47.3. The molecule has 0 aromatic heterocycles. The molecule has 79 heavy (non-hydrogen) atoms. The van der Waals surface area contributed by atoms with Crippen LogP contribution in [0, 0.1) is 50.2 Å². The molecule has 25 atom stereocenters. The predicted molar refractivity (Wildman–Crippen MR) is 275 cm³/mol. The molecule has 0 spiro atoms. The van der Waals surface area contributed by atoms with Crippen molar-refractivity contribution < 1.29 is 108 Å². The van der Waals surface area contributed by atoms with Crippen LogP contribution in [0.3, 0.4) is 0 Å². The second-order valence-corrected chi connectivity index (χ2v) is 26.0. The molecular weight excluding hydrogens is 1040 g/mol. The Morgan fingerprint density at radius 2 is 1.19 bits per heavy atom. The molecule has 3 heterocycles. The van der Waals surface area contributed by atoms with E-state index >= 15 is 0 Å². The maximum absolute atomic E-state index is 13.8. The van der Waals surface area contributed by atoms with Gasteiger partial charge in [-0.05, 0) is 112 Å². The molecule has 11 N–H and O–H groups in total. The van der Waals surface area contributed by atoms with Gasteiger partial charge in [-0.3, -0.25) is 0 Å². The molecule has 0 amide bonds. The Hall–Kier alpha value is -3.01. The fourth-order valence-corrected chi connectivity index (χ4v) is 16.2. The summed E-state index contributed by atoms with van der Waals surface area (Å²) in [5.41, 5.74) is -2.71. The van der Waals surface area contributed by atoms with Gasteiger partial charge in [-0.2, -0.15) is 0 Å². The van der Waals surface area contributed by atoms with Crippen LogP contribution in [0.15, 0.2) is 34.9 Å². The number of aliphatic hydroxyl groups is 10. The Bertz CT molecular complexity index is 2350. The predicted octanol–water partition coefficient (Wildman–Crippen LogP) is 1.29. The summed E-state index contributed by atoms with van der Waals surface area (Å²) in [4.78, 5) is 40.3. The van der Waals surface area contributed by atoms with Crippen LogP contribution in [0.25, 0.3) is 0 Å². The quantitative estimate of drug-likeness (QED) is 0.0505. The fourth-order valence-electron chi connectivity index (χ4n) is 16.2. The number of fused-ring (bicyclic) bond motifs is 7. The minimum Gasteiger partial charge on any atom is -0.479 e. The summed E-state index contributed by atoms with van der Waals surface area (Å²) in [5, 5.41) is 121. The molecule has 4 saturated carbocycles. The molecule has 8 unspecified atom stereocenters. The molecule has 0 aromatic rings. The molecule has 3 saturated heterocycles. The van der Waals surface area contributed by atoms with E-state index in [1.54, 1.807) is 39.8 Å². The summed E-state index contributed by atoms with van der Waals surface area (Å²) < 4.78 is 49.2. The highest BCUT2D eigenvalue weighted by Gasteiger charge is 2.74. The van der Waals surface area contributed by atoms with Crippen molar-refractivity contribution in [3.05, 3.63) is 34.9 Å². The first-order valence-corrected chi connectivity index (χ1v) is 28.0. The zero-order chi connectivity index (χ0) is 58.4. The topological polar surface area (TPSA) is 348 Å². The number of allylic oxidation sites excluding steroid dienone is 4. The third kappa shape index (κ3) is 9.99. The Balaban J connectivity index is 1.12. The lowest BCUT2D eigenvalue weighted by molar-refractivity contribution is -0.386. The normalized spacial score (nSPS) is 48.6. The van der Waals surface area contributed by atoms with Crippen LogP contribution >= 0.6 is 0 Å². The minimum absolute atomic E-state index is 0.0232. The number of carbonyl (C=O) groups is 3. The van der Waals surface area contributed by atoms with E-state index < -0.39 is 181 Å². The third-order valence-electron chi connectivity index (χ3n) is 21.3. The van der Waals surface area contributed by atoms with Crippen molar-refractivity contribution in [2.24, 2.45) is 50.2 Å². The lowest BCUT2D eigenvalue weighted by atomic mass is 9.33. The van der Waals surface area contributed by atoms with Crippen LogP contribution in [-0.2, 0) is 52.3 Å². The lowest BCUT2D eigenvalue weighted by Gasteiger charge is -2.72. The second-order valence-electron chi connectivity index (χ2n) is 26.0. The maximum Gasteiger partial charge on any atom is 0.335 e. The van der Waals surface area contributed by atoms with E-state index in [4.69, 9.17) is 37.9 Å². The number of aliphatic hydroxyl groups excluding tert-OH is 10. The second kappa shape index (κ2) is 22.5. The number of ether oxygens (including phenoxy) is 8. The first-order valence-electron chi connectivity index (χ1n) is 28.0. The Morgan fingerprint density at radius 3 is 1.73 bits per heavy atom. The van der Waals surface area contributed by atoms with Gasteiger partial charge in [-0.25, -0.2) is 14.4 Å². The average molecular weight is 1130 g/mol. The molecule has 5 aliphatic carbocycles. The summed E-state index contributed by atoms with van der Waals surface area (Å²) in [5.74, 6) is -3.40. The number of esters is 2. The molecule has 0 bridgehead atoms. The van der Waals surface area contributed by atoms with Crippen LogP contribution in [0.5, 0.6) is 0 Å². The van der Waals surface area contributed by atoms with E-state index in [2.05, 4.69) is 40.7 Å². The summed E-state index contributed by atoms with van der Waals surface area (Å²) in [6, 6.07) is 0. The van der Waals surface area contributed by atoms with E-state index in [-0.39, 0.29) is 23.7 Å². The molecule has 0 aromatic carbocycles. The van der Waals surface area contributed by atoms with Crippen LogP contribution in [0.1, 0.15) is 121 Å². The van der Waals surface area contributed by atoms with Crippen LogP contribution in [0.4, 0.5) is 0 Å². The van der Waals surface area contributed by atoms with Gasteiger partial charge in [-0.15, -0.1) is 0 Å². The molecule has 7 fully saturated rings. The Labute approximate surface area is 461 Å². The maximum atomic E-state index is 13.8. The van der Waals surface area contributed by atoms with Gasteiger partial charge in [0.1, 0.15) is 67.1 Å². The number of hydrogen-bond donors (Lipinski definition) is 11. The SMILES string of the molecule is C/C=C(/C)C(=O)O[C@H]1[C@H](OC(=O)/C(C)=C\C)[C@@]2(CO)C(CC1(C)C)C1=CCC3[C@@]4(C)CC[C@H](O[C@@H]5OC(C(=O)O)[C@@H](O)[C@@H](O[C@@H]6O[C@@H](CO)C(O)[C@@H]6O)C5O[C@@H]5OC(CO)[C@H](O)[C@@H](O)C5O)C(C)(C)C4CC[C@@]3(C)[C@]1(C)C[C@@H]2O. The molecule has 8 rings (SSSR count). The number of hydrogen-bond acceptors (Lipinski definition) is 21. The van der Waals surface area contributed by atoms with Crippen LogP contribution < -0.4 is 0 Å². The lowest BCUT2D eigenvalue weighted by Crippen LogP contribution is -2.72. The minimum atomic E-state index is -2.10. The molecule has 448 valence electrons. The number of carboxylic acid groups (broad SMARTS) is 1. The number of rotatable bonds is 14. The largest absolute Gasteiger partial charge is 0.479 e. The van der Waals surface area contributed by atoms with Crippen LogP contribution in [0.2, 0.25) is 0 Å². The third-order valence-corrected chi connectivity index (χ3v) is 21.3. The first-order chi connectivity index (χ1) is 36.9. The Kier molecular flexibility index (Phi) is 17.7. The van der Waals surface area contributed by atoms with Gasteiger partial charge < -0.3 is 94.1 Å². The van der Waals surface area contributed by atoms with Crippen molar-refractivity contribution in [3.63, 3.8) is 0 Å². The highest BCUT2D eigenvalue weighted by Crippen LogP contribution is 2.76. The van der Waals surface area contributed by atoms with E-state index in [0.29, 0.717) is 49.7 Å². The zero-order valence-electron chi connectivity index (χ0n) is 47.3. The summed E-state index contributed by atoms with van der Waals surface area (Å²) in [6.07, 6.45) is -20.2. The monoisotopic (exact) mass is 1120 g/mol. The summed E-state index contributed by atoms with van der Waals surface area (Å²) in [6.45, 7) is 19.4. The van der Waals surface area contributed by atoms with E-state index in [1.165, 1.54) is 0 Å². The van der Waals surface area contributed by atoms with E-state index in [1.807, 2.05) is 13.8 Å². The number of carbonyl (C=O) groups excluding carboxylic acids is 2. The standard InChI is InChI=1S/C57H88O22/c1-12-25(3)47(70)78-44-45(79-48(71)26(4)13-2)57(24-60)28(20-52(44,5)6)27-14-15-32-54(9)18-17-34(53(7,8)31(54)16-19-55(32,10)56(27,11)21-33(57)61)74-51-43(77-50-39(66)37(64)35(62)29(22-58)72-50)41(40(67)42(76-51)46(68)69)75-49-38(65)36(63)30(23-59)73-49/h12-14,28-45,49-51,58-67H,15-24H2,1-11H3,(H,68,69)/b25-12-,26-13-/t28?,29?,30-,31?,32?,33-,34-,35-,36?,37+,38-,39?,40-,41+,42?,43?,44-,45-,49-,50-,51+,54-,55+,56+,57-/m0/s1. The summed E-state index contributed by atoms with van der Waals surface area (Å²) >= 11 is 0. The van der Waals surface area contributed by atoms with Crippen molar-refractivity contribution in [2.45, 2.75) is 232 Å². The summed E-state index contributed by atoms with van der Waals surface area (Å²) in [7, 11) is 0. The molecule has 8 aliphatic rings. The van der Waals surface area contributed by atoms with Gasteiger partial charge in [0.2, 0.25) is 0 Å². The van der Waals surface area contributed by atoms with Gasteiger partial charge >= 0.3 is 17.9 Å². The first kappa shape index (κ1) is 62.0. The number of carboxylic acids is 1. The molecule has 3 aliphatic heterocycles. The fraction of sp³-hybridized carbons (Fsp3) is 0.842. The molecule has 22 nitrogen and oxygen atoms in total. The smallest absolute Gasteiger partial charge is 0.335 e. The van der Waals surface area contributed by atoms with Gasteiger partial charge in [-0.1, -0.05) is 72.3 Å². The molecule has 22 heteroatoms. The highest BCUT2D eigenvalue weighted by atomic mass is 16.8. The van der Waals surface area contributed by atoms with Gasteiger partial charge in [0.25, 0.3) is 0 Å². The van der Waals surface area contributed by atoms with E-state index in [0.717, 1.165) is 5.57 Å². The van der Waals surface area contributed by atoms with Gasteiger partial charge in [0.15, 0.2) is 31.1 Å². The molecule has 0 radical (unpaired) electrons. The van der Waals surface area contributed by atoms with Crippen molar-refractivity contribution in [1.29, 1.82) is 0 Å².